The molecule has 0 N–H and O–H groups in total. The molecule has 0 aliphatic carbocycles. The first-order valence-electron chi connectivity index (χ1n) is 12.0. The van der Waals surface area contributed by atoms with Gasteiger partial charge in [-0.2, -0.15) is 0 Å². The lowest BCUT2D eigenvalue weighted by Gasteiger charge is -2.25. The topological polar surface area (TPSA) is 79.1 Å². The highest BCUT2D eigenvalue weighted by Crippen LogP contribution is 2.31. The number of rotatable bonds is 8. The average molecular weight is 517 g/mol. The minimum Gasteiger partial charge on any atom is -0.490 e. The zero-order chi connectivity index (χ0) is 26.5. The van der Waals surface area contributed by atoms with Gasteiger partial charge in [0.15, 0.2) is 16.3 Å². The van der Waals surface area contributed by atoms with Gasteiger partial charge in [0, 0.05) is 0 Å². The minimum absolute atomic E-state index is 0.123. The van der Waals surface area contributed by atoms with Crippen LogP contribution in [-0.4, -0.2) is 29.9 Å². The Morgan fingerprint density at radius 1 is 1.19 bits per heavy atom. The first kappa shape index (κ1) is 26.0. The van der Waals surface area contributed by atoms with Gasteiger partial charge in [-0.1, -0.05) is 53.7 Å². The second-order valence-corrected chi connectivity index (χ2v) is 9.59. The van der Waals surface area contributed by atoms with Gasteiger partial charge in [-0.15, -0.1) is 6.42 Å². The van der Waals surface area contributed by atoms with Gasteiger partial charge in [0.2, 0.25) is 0 Å². The second kappa shape index (κ2) is 11.3. The van der Waals surface area contributed by atoms with Crippen LogP contribution in [0.5, 0.6) is 11.5 Å². The SMILES string of the molecule is C#CCOc1ccc(C=c2sc3n(c2=O)C(c2ccccc2)C(C(=O)OC(C)C)=C(C)N=3)cc1OCC. The predicted octanol–water partition coefficient (Wildman–Crippen LogP) is 3.60. The number of hydrogen-bond acceptors (Lipinski definition) is 7. The maximum Gasteiger partial charge on any atom is 0.338 e. The zero-order valence-electron chi connectivity index (χ0n) is 21.2. The van der Waals surface area contributed by atoms with Crippen LogP contribution in [0, 0.1) is 12.3 Å². The van der Waals surface area contributed by atoms with E-state index in [9.17, 15) is 9.59 Å². The van der Waals surface area contributed by atoms with E-state index in [2.05, 4.69) is 10.9 Å². The van der Waals surface area contributed by atoms with Crippen LogP contribution >= 0.6 is 11.3 Å². The Labute approximate surface area is 219 Å². The summed E-state index contributed by atoms with van der Waals surface area (Å²) in [7, 11) is 0. The summed E-state index contributed by atoms with van der Waals surface area (Å²) in [6, 6.07) is 14.2. The molecule has 0 amide bonds. The summed E-state index contributed by atoms with van der Waals surface area (Å²) >= 11 is 1.27. The van der Waals surface area contributed by atoms with Crippen molar-refractivity contribution < 1.29 is 19.0 Å². The molecule has 1 aliphatic rings. The molecule has 0 saturated carbocycles. The molecular weight excluding hydrogens is 488 g/mol. The van der Waals surface area contributed by atoms with Crippen molar-refractivity contribution >= 4 is 23.4 Å². The summed E-state index contributed by atoms with van der Waals surface area (Å²) in [5.41, 5.74) is 2.20. The average Bonchev–Trinajstić information content (AvgIpc) is 3.17. The number of esters is 1. The molecule has 0 fully saturated rings. The van der Waals surface area contributed by atoms with Crippen molar-refractivity contribution in [2.75, 3.05) is 13.2 Å². The van der Waals surface area contributed by atoms with E-state index in [1.807, 2.05) is 43.3 Å². The van der Waals surface area contributed by atoms with E-state index in [4.69, 9.17) is 20.6 Å². The normalized spacial score (nSPS) is 15.1. The third kappa shape index (κ3) is 5.52. The molecule has 0 saturated heterocycles. The van der Waals surface area contributed by atoms with E-state index >= 15 is 0 Å². The monoisotopic (exact) mass is 516 g/mol. The van der Waals surface area contributed by atoms with Crippen LogP contribution in [-0.2, 0) is 9.53 Å². The summed E-state index contributed by atoms with van der Waals surface area (Å²) in [5, 5.41) is 0. The van der Waals surface area contributed by atoms with Gasteiger partial charge >= 0.3 is 5.97 Å². The first-order chi connectivity index (χ1) is 17.8. The van der Waals surface area contributed by atoms with Crippen LogP contribution in [0.15, 0.2) is 69.6 Å². The minimum atomic E-state index is -0.649. The third-order valence-electron chi connectivity index (χ3n) is 5.58. The molecule has 0 radical (unpaired) electrons. The summed E-state index contributed by atoms with van der Waals surface area (Å²) in [4.78, 5) is 32.0. The van der Waals surface area contributed by atoms with E-state index in [0.29, 0.717) is 38.7 Å². The molecule has 4 rings (SSSR count). The van der Waals surface area contributed by atoms with Crippen molar-refractivity contribution in [2.24, 2.45) is 4.99 Å². The predicted molar refractivity (Wildman–Crippen MR) is 143 cm³/mol. The summed E-state index contributed by atoms with van der Waals surface area (Å²) < 4.78 is 18.9. The van der Waals surface area contributed by atoms with Gasteiger partial charge in [0.25, 0.3) is 5.56 Å². The van der Waals surface area contributed by atoms with Crippen molar-refractivity contribution in [1.82, 2.24) is 4.57 Å². The lowest BCUT2D eigenvalue weighted by Crippen LogP contribution is -2.40. The lowest BCUT2D eigenvalue weighted by molar-refractivity contribution is -0.143. The molecular formula is C29H28N2O5S. The number of aromatic nitrogens is 1. The number of carbonyl (C=O) groups is 1. The van der Waals surface area contributed by atoms with Gasteiger partial charge in [-0.05, 0) is 57.0 Å². The zero-order valence-corrected chi connectivity index (χ0v) is 22.0. The lowest BCUT2D eigenvalue weighted by atomic mass is 9.96. The van der Waals surface area contributed by atoms with Crippen molar-refractivity contribution in [2.45, 2.75) is 39.8 Å². The maximum absolute atomic E-state index is 13.7. The number of nitrogens with zero attached hydrogens (tertiary/aromatic N) is 2. The van der Waals surface area contributed by atoms with Gasteiger partial charge < -0.3 is 14.2 Å². The Kier molecular flexibility index (Phi) is 7.95. The Morgan fingerprint density at radius 3 is 2.62 bits per heavy atom. The molecule has 37 heavy (non-hydrogen) atoms. The second-order valence-electron chi connectivity index (χ2n) is 8.58. The van der Waals surface area contributed by atoms with Crippen molar-refractivity contribution in [3.8, 4) is 23.8 Å². The Hall–Kier alpha value is -4.09. The van der Waals surface area contributed by atoms with E-state index in [1.165, 1.54) is 11.3 Å². The van der Waals surface area contributed by atoms with Crippen molar-refractivity contribution in [3.63, 3.8) is 0 Å². The fourth-order valence-electron chi connectivity index (χ4n) is 4.08. The maximum atomic E-state index is 13.7. The standard InChI is InChI=1S/C29H28N2O5S/c1-6-15-35-22-14-13-20(16-23(22)34-7-2)17-24-27(32)31-26(21-11-9-8-10-12-21)25(28(33)36-18(3)4)19(5)30-29(31)37-24/h1,8-14,16-18,26H,7,15H2,2-5H3. The summed E-state index contributed by atoms with van der Waals surface area (Å²) in [6.45, 7) is 7.80. The third-order valence-corrected chi connectivity index (χ3v) is 6.56. The molecule has 1 unspecified atom stereocenters. The first-order valence-corrected chi connectivity index (χ1v) is 12.8. The highest BCUT2D eigenvalue weighted by atomic mass is 32.1. The molecule has 3 aromatic rings. The molecule has 2 aromatic carbocycles. The number of carbonyl (C=O) groups excluding carboxylic acids is 1. The van der Waals surface area contributed by atoms with Crippen molar-refractivity contribution in [3.05, 3.63) is 90.6 Å². The molecule has 1 atom stereocenters. The largest absolute Gasteiger partial charge is 0.490 e. The molecule has 0 bridgehead atoms. The van der Waals surface area contributed by atoms with E-state index < -0.39 is 12.0 Å². The number of thiazole rings is 1. The number of benzene rings is 2. The molecule has 0 spiro atoms. The van der Waals surface area contributed by atoms with E-state index in [-0.39, 0.29) is 18.3 Å². The highest BCUT2D eigenvalue weighted by Gasteiger charge is 2.33. The fourth-order valence-corrected chi connectivity index (χ4v) is 5.13. The Balaban J connectivity index is 1.86. The molecule has 2 heterocycles. The van der Waals surface area contributed by atoms with E-state index in [0.717, 1.165) is 11.1 Å². The molecule has 1 aliphatic heterocycles. The molecule has 1 aromatic heterocycles. The Bertz CT molecular complexity index is 1560. The van der Waals surface area contributed by atoms with Gasteiger partial charge in [0.1, 0.15) is 6.61 Å². The van der Waals surface area contributed by atoms with E-state index in [1.54, 1.807) is 43.5 Å². The number of ether oxygens (including phenoxy) is 3. The number of terminal acetylenes is 1. The van der Waals surface area contributed by atoms with Crippen LogP contribution < -0.4 is 24.4 Å². The summed E-state index contributed by atoms with van der Waals surface area (Å²) in [6.07, 6.45) is 6.79. The van der Waals surface area contributed by atoms with Crippen LogP contribution in [0.25, 0.3) is 6.08 Å². The van der Waals surface area contributed by atoms with Gasteiger partial charge in [0.05, 0.1) is 34.6 Å². The van der Waals surface area contributed by atoms with Crippen LogP contribution in [0.1, 0.15) is 44.9 Å². The number of hydrogen-bond donors (Lipinski definition) is 0. The smallest absolute Gasteiger partial charge is 0.338 e. The van der Waals surface area contributed by atoms with Crippen LogP contribution in [0.3, 0.4) is 0 Å². The van der Waals surface area contributed by atoms with Crippen molar-refractivity contribution in [1.29, 1.82) is 0 Å². The van der Waals surface area contributed by atoms with Crippen LogP contribution in [0.2, 0.25) is 0 Å². The molecule has 7 nitrogen and oxygen atoms in total. The van der Waals surface area contributed by atoms with Crippen LogP contribution in [0.4, 0.5) is 0 Å². The molecule has 190 valence electrons. The quantitative estimate of drug-likeness (QED) is 0.338. The van der Waals surface area contributed by atoms with Gasteiger partial charge in [-0.25, -0.2) is 9.79 Å². The Morgan fingerprint density at radius 2 is 1.95 bits per heavy atom. The highest BCUT2D eigenvalue weighted by molar-refractivity contribution is 7.07. The summed E-state index contributed by atoms with van der Waals surface area (Å²) in [5.74, 6) is 3.03. The fraction of sp³-hybridized carbons (Fsp3) is 0.276. The number of allylic oxidation sites excluding steroid dienone is 1. The molecule has 8 heteroatoms. The van der Waals surface area contributed by atoms with Gasteiger partial charge in [-0.3, -0.25) is 9.36 Å². The number of fused-ring (bicyclic) bond motifs is 1.